The van der Waals surface area contributed by atoms with Crippen molar-refractivity contribution in [3.8, 4) is 0 Å². The van der Waals surface area contributed by atoms with Gasteiger partial charge >= 0.3 is 21.2 Å². The van der Waals surface area contributed by atoms with E-state index in [1.807, 2.05) is 0 Å². The number of carbonyl (C=O) groups excluding carboxylic acids is 1. The Morgan fingerprint density at radius 2 is 1.52 bits per heavy atom. The van der Waals surface area contributed by atoms with E-state index < -0.39 is 31.9 Å². The van der Waals surface area contributed by atoms with E-state index in [4.69, 9.17) is 22.8 Å². The van der Waals surface area contributed by atoms with Gasteiger partial charge in [-0.1, -0.05) is 12.7 Å². The lowest BCUT2D eigenvalue weighted by Gasteiger charge is -2.30. The Morgan fingerprint density at radius 3 is 1.86 bits per heavy atom. The molecule has 0 fully saturated rings. The van der Waals surface area contributed by atoms with Gasteiger partial charge in [0.2, 0.25) is 0 Å². The number of hydrogen-bond donors (Lipinski definition) is 1. The van der Waals surface area contributed by atoms with Crippen LogP contribution in [0.1, 0.15) is 19.8 Å². The third-order valence-corrected chi connectivity index (χ3v) is 11.5. The molecule has 170 valence electrons. The molecule has 0 saturated carbocycles. The molecule has 1 N–H and O–H groups in total. The molecule has 0 amide bonds. The van der Waals surface area contributed by atoms with E-state index >= 15 is 0 Å². The molecule has 0 saturated heterocycles. The first-order valence-electron chi connectivity index (χ1n) is 9.76. The van der Waals surface area contributed by atoms with Crippen LogP contribution in [0.25, 0.3) is 0 Å². The van der Waals surface area contributed by atoms with E-state index in [-0.39, 0.29) is 19.0 Å². The van der Waals surface area contributed by atoms with Crippen molar-refractivity contribution in [3.05, 3.63) is 24.8 Å². The molecule has 0 aliphatic rings. The second-order valence-electron chi connectivity index (χ2n) is 8.45. The monoisotopic (exact) mass is 464 g/mol. The average Bonchev–Trinajstić information content (AvgIpc) is 2.50. The molecule has 10 heteroatoms. The fraction of sp³-hybridized carbons (Fsp3) is 0.684. The molecule has 0 atom stereocenters. The molecule has 0 aliphatic carbocycles. The van der Waals surface area contributed by atoms with E-state index in [1.54, 1.807) is 6.92 Å². The van der Waals surface area contributed by atoms with Crippen LogP contribution >= 0.6 is 0 Å². The van der Waals surface area contributed by atoms with Gasteiger partial charge in [0.05, 0.1) is 13.0 Å². The number of carbonyl (C=O) groups is 2. The number of aliphatic carboxylic acids is 1. The number of hydrogen-bond acceptors (Lipinski definition) is 6. The summed E-state index contributed by atoms with van der Waals surface area (Å²) in [5.41, 5.74) is 0.408. The summed E-state index contributed by atoms with van der Waals surface area (Å²) in [6.07, 6.45) is 2.32. The lowest BCUT2D eigenvalue weighted by atomic mass is 10.4. The highest BCUT2D eigenvalue weighted by Gasteiger charge is 2.28. The molecule has 0 spiro atoms. The van der Waals surface area contributed by atoms with Crippen LogP contribution in [0, 0.1) is 0 Å². The minimum atomic E-state index is -1.63. The number of carboxylic acid groups (broad SMARTS) is 1. The second-order valence-corrected chi connectivity index (χ2v) is 20.2. The van der Waals surface area contributed by atoms with Gasteiger partial charge < -0.3 is 22.8 Å². The number of rotatable bonds is 14. The molecule has 0 heterocycles. The quantitative estimate of drug-likeness (QED) is 0.136. The summed E-state index contributed by atoms with van der Waals surface area (Å²) >= 11 is 0. The zero-order valence-corrected chi connectivity index (χ0v) is 22.4. The van der Waals surface area contributed by atoms with Crippen molar-refractivity contribution < 1.29 is 32.4 Å². The number of esters is 1. The van der Waals surface area contributed by atoms with Crippen molar-refractivity contribution in [3.63, 3.8) is 0 Å². The van der Waals surface area contributed by atoms with E-state index in [1.165, 1.54) is 6.08 Å². The van der Waals surface area contributed by atoms with Gasteiger partial charge in [-0.3, -0.25) is 4.79 Å². The average molecular weight is 465 g/mol. The summed E-state index contributed by atoms with van der Waals surface area (Å²) in [5.74, 6) is -1.20. The molecule has 0 aromatic carbocycles. The largest absolute Gasteiger partial charge is 0.481 e. The smallest absolute Gasteiger partial charge is 0.333 e. The Labute approximate surface area is 180 Å². The standard InChI is InChI=1S/C15H34O5Si3.C4H6O2/c1-14(2)15(16)18-12-11-17-10-9-13-21(19-22(3,4)5)20-23(6,7)8;1-2-3-4(5)6/h21H,1,9-13H2,2-8H3;2H,1,3H2,(H,5,6). The Hall–Kier alpha value is -1.05. The topological polar surface area (TPSA) is 91.3 Å². The SMILES string of the molecule is C=C(C)C(=O)OCCOCCC[SiH](O[Si](C)(C)C)O[Si](C)(C)C.C=CCC(=O)O. The van der Waals surface area contributed by atoms with Gasteiger partial charge in [-0.25, -0.2) is 4.79 Å². The van der Waals surface area contributed by atoms with Crippen LogP contribution in [-0.2, 0) is 27.3 Å². The summed E-state index contributed by atoms with van der Waals surface area (Å²) in [4.78, 5) is 20.7. The molecule has 0 aromatic heterocycles. The third-order valence-electron chi connectivity index (χ3n) is 2.83. The van der Waals surface area contributed by atoms with Crippen LogP contribution in [0.5, 0.6) is 0 Å². The van der Waals surface area contributed by atoms with Crippen LogP contribution in [-0.4, -0.2) is 62.8 Å². The molecule has 0 bridgehead atoms. The molecule has 0 rings (SSSR count). The lowest BCUT2D eigenvalue weighted by Crippen LogP contribution is -2.43. The number of carboxylic acids is 1. The molecule has 0 unspecified atom stereocenters. The highest BCUT2D eigenvalue weighted by Crippen LogP contribution is 2.15. The summed E-state index contributed by atoms with van der Waals surface area (Å²) in [6.45, 7) is 22.9. The summed E-state index contributed by atoms with van der Waals surface area (Å²) in [7, 11) is -4.77. The van der Waals surface area contributed by atoms with Gasteiger partial charge in [-0.2, -0.15) is 0 Å². The summed E-state index contributed by atoms with van der Waals surface area (Å²) in [5, 5.41) is 7.84. The molecule has 0 aliphatic heterocycles. The Bertz CT molecular complexity index is 495. The van der Waals surface area contributed by atoms with Gasteiger partial charge in [0.15, 0.2) is 16.6 Å². The maximum absolute atomic E-state index is 11.2. The van der Waals surface area contributed by atoms with Crippen LogP contribution in [0.4, 0.5) is 0 Å². The van der Waals surface area contributed by atoms with Gasteiger partial charge in [0.1, 0.15) is 6.61 Å². The predicted octanol–water partition coefficient (Wildman–Crippen LogP) is 4.08. The Balaban J connectivity index is 0. The molecule has 7 nitrogen and oxygen atoms in total. The molecular formula is C19H40O7Si3. The van der Waals surface area contributed by atoms with Crippen LogP contribution in [0.15, 0.2) is 24.8 Å². The van der Waals surface area contributed by atoms with E-state index in [9.17, 15) is 9.59 Å². The minimum absolute atomic E-state index is 0.0556. The van der Waals surface area contributed by atoms with Crippen LogP contribution in [0.2, 0.25) is 45.3 Å². The van der Waals surface area contributed by atoms with Crippen LogP contribution in [0.3, 0.4) is 0 Å². The normalized spacial score (nSPS) is 11.4. The Kier molecular flexibility index (Phi) is 16.4. The van der Waals surface area contributed by atoms with Gasteiger partial charge in [0.25, 0.3) is 0 Å². The third kappa shape index (κ3) is 24.9. The fourth-order valence-electron chi connectivity index (χ4n) is 1.82. The van der Waals surface area contributed by atoms with Crippen molar-refractivity contribution >= 4 is 37.9 Å². The zero-order chi connectivity index (χ0) is 23.1. The Morgan fingerprint density at radius 1 is 1.00 bits per heavy atom. The highest BCUT2D eigenvalue weighted by atomic mass is 28.4. The minimum Gasteiger partial charge on any atom is -0.481 e. The number of ether oxygens (including phenoxy) is 2. The van der Waals surface area contributed by atoms with Gasteiger partial charge in [-0.15, -0.1) is 6.58 Å². The molecular weight excluding hydrogens is 424 g/mol. The summed E-state index contributed by atoms with van der Waals surface area (Å²) < 4.78 is 23.0. The van der Waals surface area contributed by atoms with Crippen molar-refractivity contribution in [2.45, 2.75) is 65.1 Å². The van der Waals surface area contributed by atoms with Gasteiger partial charge in [0, 0.05) is 12.2 Å². The predicted molar refractivity (Wildman–Crippen MR) is 124 cm³/mol. The maximum Gasteiger partial charge on any atom is 0.333 e. The lowest BCUT2D eigenvalue weighted by molar-refractivity contribution is -0.140. The van der Waals surface area contributed by atoms with E-state index in [2.05, 4.69) is 52.4 Å². The van der Waals surface area contributed by atoms with Crippen LogP contribution < -0.4 is 0 Å². The first-order chi connectivity index (χ1) is 13.2. The molecule has 29 heavy (non-hydrogen) atoms. The van der Waals surface area contributed by atoms with Gasteiger partial charge in [-0.05, 0) is 58.7 Å². The first kappa shape index (κ1) is 30.1. The maximum atomic E-state index is 11.2. The van der Waals surface area contributed by atoms with E-state index in [0.717, 1.165) is 12.5 Å². The molecule has 0 radical (unpaired) electrons. The highest BCUT2D eigenvalue weighted by molar-refractivity contribution is 6.81. The van der Waals surface area contributed by atoms with Crippen molar-refractivity contribution in [1.82, 2.24) is 0 Å². The zero-order valence-electron chi connectivity index (χ0n) is 19.2. The van der Waals surface area contributed by atoms with Crippen molar-refractivity contribution in [1.29, 1.82) is 0 Å². The summed E-state index contributed by atoms with van der Waals surface area (Å²) in [6, 6.07) is 0.958. The van der Waals surface area contributed by atoms with Crippen molar-refractivity contribution in [2.24, 2.45) is 0 Å². The molecule has 0 aromatic rings. The first-order valence-corrected chi connectivity index (χ1v) is 18.3. The van der Waals surface area contributed by atoms with E-state index in [0.29, 0.717) is 18.8 Å². The van der Waals surface area contributed by atoms with Crippen molar-refractivity contribution in [2.75, 3.05) is 19.8 Å². The second kappa shape index (κ2) is 15.7. The fourth-order valence-corrected chi connectivity index (χ4v) is 10.2.